The Labute approximate surface area is 435 Å². The van der Waals surface area contributed by atoms with Gasteiger partial charge in [-0.2, -0.15) is 10.5 Å². The number of para-hydroxylation sites is 8. The van der Waals surface area contributed by atoms with Crippen LogP contribution >= 0.6 is 0 Å². The second-order valence-corrected chi connectivity index (χ2v) is 20.2. The average molecular weight is 964 g/mol. The molecule has 0 amide bonds. The molecule has 4 aromatic heterocycles. The highest BCUT2D eigenvalue weighted by Crippen LogP contribution is 2.48. The fraction of sp³-hybridized carbons (Fsp3) is 0. The summed E-state index contributed by atoms with van der Waals surface area (Å²) >= 11 is 0. The molecule has 15 aromatic rings. The molecule has 0 saturated heterocycles. The van der Waals surface area contributed by atoms with E-state index >= 15 is 0 Å². The molecule has 0 radical (unpaired) electrons. The van der Waals surface area contributed by atoms with Gasteiger partial charge < -0.3 is 23.2 Å². The number of hydrogen-bond acceptors (Lipinski definition) is 3. The highest BCUT2D eigenvalue weighted by molar-refractivity contribution is 7.00. The van der Waals surface area contributed by atoms with Gasteiger partial charge in [0.2, 0.25) is 0 Å². The third kappa shape index (κ3) is 5.14. The van der Waals surface area contributed by atoms with E-state index in [4.69, 9.17) is 0 Å². The summed E-state index contributed by atoms with van der Waals surface area (Å²) in [7, 11) is 0. The zero-order chi connectivity index (χ0) is 49.9. The van der Waals surface area contributed by atoms with Crippen molar-refractivity contribution in [2.24, 2.45) is 0 Å². The van der Waals surface area contributed by atoms with Gasteiger partial charge in [0.05, 0.1) is 50.2 Å². The summed E-state index contributed by atoms with van der Waals surface area (Å²) in [4.78, 5) is 2.17. The summed E-state index contributed by atoms with van der Waals surface area (Å²) in [6.45, 7) is -0.260. The number of hydrogen-bond donors (Lipinski definition) is 0. The number of benzene rings is 11. The Balaban J connectivity index is 0.998. The number of rotatable bonds is 5. The summed E-state index contributed by atoms with van der Waals surface area (Å²) in [5, 5.41) is 33.7. The first-order valence-corrected chi connectivity index (χ1v) is 25.8. The van der Waals surface area contributed by atoms with Gasteiger partial charge in [0, 0.05) is 76.9 Å². The van der Waals surface area contributed by atoms with Crippen molar-refractivity contribution in [3.05, 3.63) is 242 Å². The highest BCUT2D eigenvalue weighted by atomic mass is 15.2. The first-order chi connectivity index (χ1) is 37.7. The lowest BCUT2D eigenvalue weighted by atomic mass is 9.34. The Morgan fingerprint density at radius 2 is 0.618 bits per heavy atom. The third-order valence-electron chi connectivity index (χ3n) is 16.6. The Bertz CT molecular complexity index is 4730. The van der Waals surface area contributed by atoms with E-state index in [1.54, 1.807) is 0 Å². The SMILES string of the molecule is N#Cc1c(N(c2ccc(-n3c4ccccc4c4ccccc43)cc2)c2ccc(-n3c4ccccc4c4ccccc43)cc2)c(C#N)c2c3c1-n1c4ccccc4c4cccc(c41)B3c1cccc3c4ccccc4n-2c13. The van der Waals surface area contributed by atoms with E-state index in [0.29, 0.717) is 16.8 Å². The molecular weight excluding hydrogens is 926 g/mol. The van der Waals surface area contributed by atoms with E-state index < -0.39 is 0 Å². The standard InChI is InChI=1S/C68H38BN7/c70-39-53-64(54(40-71)68-63-67(53)75-61-29-11-5-19-49(61)51-21-13-23-55(65(51)75)69(63)56-24-14-22-52-50-20-6-12-30-62(50)76(68)66(52)56)72(41-31-35-43(36-32-41)73-57-25-7-1-15-45(57)46-16-2-8-26-58(46)73)42-33-37-44(38-34-42)74-59-27-9-3-17-47(59)48-18-4-10-28-60(48)74/h1-38H. The fourth-order valence-electron chi connectivity index (χ4n) is 13.7. The Kier molecular flexibility index (Phi) is 8.10. The molecule has 0 spiro atoms. The van der Waals surface area contributed by atoms with E-state index in [-0.39, 0.29) is 6.71 Å². The lowest BCUT2D eigenvalue weighted by Crippen LogP contribution is -2.60. The molecule has 2 aliphatic rings. The monoisotopic (exact) mass is 963 g/mol. The largest absolute Gasteiger partial charge is 0.309 e. The second-order valence-electron chi connectivity index (χ2n) is 20.2. The highest BCUT2D eigenvalue weighted by Gasteiger charge is 2.45. The summed E-state index contributed by atoms with van der Waals surface area (Å²) in [5.41, 5.74) is 18.6. The molecule has 0 saturated carbocycles. The summed E-state index contributed by atoms with van der Waals surface area (Å²) in [6.07, 6.45) is 0. The maximum absolute atomic E-state index is 12.2. The number of aromatic nitrogens is 4. The Hall–Kier alpha value is -10.5. The molecule has 6 heterocycles. The van der Waals surface area contributed by atoms with Gasteiger partial charge in [0.25, 0.3) is 6.71 Å². The average Bonchev–Trinajstić information content (AvgIpc) is 4.26. The molecule has 348 valence electrons. The molecule has 0 bridgehead atoms. The molecule has 2 aliphatic heterocycles. The minimum absolute atomic E-state index is 0.260. The minimum Gasteiger partial charge on any atom is -0.309 e. The number of fused-ring (bicyclic) bond motifs is 16. The fourth-order valence-corrected chi connectivity index (χ4v) is 13.7. The van der Waals surface area contributed by atoms with Crippen LogP contribution in [0.4, 0.5) is 17.1 Å². The van der Waals surface area contributed by atoms with E-state index in [0.717, 1.165) is 116 Å². The summed E-state index contributed by atoms with van der Waals surface area (Å²) in [6, 6.07) is 87.5. The predicted octanol–water partition coefficient (Wildman–Crippen LogP) is 14.4. The van der Waals surface area contributed by atoms with Crippen LogP contribution in [0.15, 0.2) is 231 Å². The second kappa shape index (κ2) is 15.0. The maximum atomic E-state index is 12.2. The van der Waals surface area contributed by atoms with E-state index in [1.165, 1.54) is 21.5 Å². The number of nitriles is 2. The molecule has 17 rings (SSSR count). The first kappa shape index (κ1) is 41.0. The van der Waals surface area contributed by atoms with Crippen LogP contribution in [0.5, 0.6) is 0 Å². The molecule has 76 heavy (non-hydrogen) atoms. The normalized spacial score (nSPS) is 12.4. The number of anilines is 3. The molecule has 0 unspecified atom stereocenters. The van der Waals surface area contributed by atoms with Gasteiger partial charge in [-0.1, -0.05) is 146 Å². The van der Waals surface area contributed by atoms with Crippen LogP contribution in [-0.2, 0) is 0 Å². The molecular formula is C68H38BN7. The first-order valence-electron chi connectivity index (χ1n) is 25.8. The quantitative estimate of drug-likeness (QED) is 0.161. The van der Waals surface area contributed by atoms with Crippen LogP contribution in [0.3, 0.4) is 0 Å². The molecule has 0 fully saturated rings. The van der Waals surface area contributed by atoms with Crippen LogP contribution in [0.25, 0.3) is 110 Å². The molecule has 0 atom stereocenters. The van der Waals surface area contributed by atoms with Crippen LogP contribution in [0, 0.1) is 22.7 Å². The summed E-state index contributed by atoms with van der Waals surface area (Å²) < 4.78 is 9.32. The topological polar surface area (TPSA) is 70.5 Å². The van der Waals surface area contributed by atoms with Crippen molar-refractivity contribution in [3.63, 3.8) is 0 Å². The molecule has 8 heteroatoms. The van der Waals surface area contributed by atoms with Gasteiger partial charge in [-0.25, -0.2) is 0 Å². The van der Waals surface area contributed by atoms with Crippen molar-refractivity contribution < 1.29 is 0 Å². The maximum Gasteiger partial charge on any atom is 0.252 e. The van der Waals surface area contributed by atoms with E-state index in [2.05, 4.69) is 266 Å². The lowest BCUT2D eigenvalue weighted by molar-refractivity contribution is 1.11. The van der Waals surface area contributed by atoms with Crippen molar-refractivity contribution in [2.75, 3.05) is 4.90 Å². The van der Waals surface area contributed by atoms with Gasteiger partial charge in [0.15, 0.2) is 0 Å². The van der Waals surface area contributed by atoms with Crippen molar-refractivity contribution in [2.45, 2.75) is 0 Å². The van der Waals surface area contributed by atoms with Crippen LogP contribution in [0.2, 0.25) is 0 Å². The van der Waals surface area contributed by atoms with Crippen molar-refractivity contribution in [3.8, 4) is 34.9 Å². The molecule has 0 N–H and O–H groups in total. The van der Waals surface area contributed by atoms with Crippen LogP contribution < -0.4 is 21.3 Å². The van der Waals surface area contributed by atoms with Crippen LogP contribution in [-0.4, -0.2) is 25.0 Å². The zero-order valence-electron chi connectivity index (χ0n) is 40.6. The van der Waals surface area contributed by atoms with E-state index in [9.17, 15) is 10.5 Å². The number of nitrogens with zero attached hydrogens (tertiary/aromatic N) is 7. The van der Waals surface area contributed by atoms with Crippen molar-refractivity contribution >= 4 is 127 Å². The van der Waals surface area contributed by atoms with Crippen LogP contribution in [0.1, 0.15) is 11.1 Å². The molecule has 11 aromatic carbocycles. The van der Waals surface area contributed by atoms with Gasteiger partial charge in [-0.3, -0.25) is 0 Å². The minimum atomic E-state index is -0.260. The van der Waals surface area contributed by atoms with Gasteiger partial charge >= 0.3 is 0 Å². The third-order valence-corrected chi connectivity index (χ3v) is 16.6. The van der Waals surface area contributed by atoms with Crippen molar-refractivity contribution in [1.29, 1.82) is 10.5 Å². The smallest absolute Gasteiger partial charge is 0.252 e. The summed E-state index contributed by atoms with van der Waals surface area (Å²) in [5.74, 6) is 0. The predicted molar refractivity (Wildman–Crippen MR) is 313 cm³/mol. The lowest BCUT2D eigenvalue weighted by Gasteiger charge is -2.37. The van der Waals surface area contributed by atoms with E-state index in [1.807, 2.05) is 0 Å². The Morgan fingerprint density at radius 1 is 0.316 bits per heavy atom. The zero-order valence-corrected chi connectivity index (χ0v) is 40.6. The van der Waals surface area contributed by atoms with Gasteiger partial charge in [-0.05, 0) is 101 Å². The van der Waals surface area contributed by atoms with Crippen molar-refractivity contribution in [1.82, 2.24) is 18.3 Å². The molecule has 7 nitrogen and oxygen atoms in total. The van der Waals surface area contributed by atoms with Gasteiger partial charge in [-0.15, -0.1) is 0 Å². The molecule has 0 aliphatic carbocycles. The van der Waals surface area contributed by atoms with Gasteiger partial charge in [0.1, 0.15) is 23.3 Å². The Morgan fingerprint density at radius 3 is 0.961 bits per heavy atom.